The molecule has 1 aliphatic heterocycles. The van der Waals surface area contributed by atoms with Crippen LogP contribution in [0.3, 0.4) is 0 Å². The van der Waals surface area contributed by atoms with Crippen LogP contribution in [0.15, 0.2) is 17.0 Å². The maximum absolute atomic E-state index is 13.4. The Morgan fingerprint density at radius 3 is 2.60 bits per heavy atom. The Labute approximate surface area is 185 Å². The number of ether oxygens (including phenoxy) is 1. The number of hydrogen-bond acceptors (Lipinski definition) is 5. The van der Waals surface area contributed by atoms with Gasteiger partial charge >= 0.3 is 6.09 Å². The van der Waals surface area contributed by atoms with Crippen molar-refractivity contribution in [3.63, 3.8) is 0 Å². The quantitative estimate of drug-likeness (QED) is 0.716. The second-order valence-corrected chi connectivity index (χ2v) is 9.55. The van der Waals surface area contributed by atoms with Crippen molar-refractivity contribution in [2.24, 2.45) is 5.92 Å². The van der Waals surface area contributed by atoms with Crippen LogP contribution in [0.25, 0.3) is 5.65 Å². The van der Waals surface area contributed by atoms with Crippen LogP contribution in [-0.4, -0.2) is 55.7 Å². The summed E-state index contributed by atoms with van der Waals surface area (Å²) in [6.07, 6.45) is 4.44. The minimum absolute atomic E-state index is 0.104. The fourth-order valence-corrected chi connectivity index (χ4v) is 4.41. The smallest absolute Gasteiger partial charge is 0.407 e. The van der Waals surface area contributed by atoms with E-state index >= 15 is 0 Å². The zero-order valence-corrected chi connectivity index (χ0v) is 20.0. The monoisotopic (exact) mass is 479 g/mol. The highest BCUT2D eigenvalue weighted by molar-refractivity contribution is 9.10. The third kappa shape index (κ3) is 4.45. The van der Waals surface area contributed by atoms with E-state index in [2.05, 4.69) is 38.3 Å². The minimum Gasteiger partial charge on any atom is -0.444 e. The molecule has 30 heavy (non-hydrogen) atoms. The van der Waals surface area contributed by atoms with Crippen LogP contribution in [0.5, 0.6) is 0 Å². The molecule has 0 spiro atoms. The third-order valence-electron chi connectivity index (χ3n) is 5.53. The Hall–Kier alpha value is -2.16. The largest absolute Gasteiger partial charge is 0.444 e. The number of alkyl carbamates (subject to hydrolysis) is 1. The van der Waals surface area contributed by atoms with Crippen LogP contribution in [0, 0.1) is 12.8 Å². The van der Waals surface area contributed by atoms with E-state index in [0.717, 1.165) is 18.4 Å². The highest BCUT2D eigenvalue weighted by atomic mass is 79.9. The molecule has 2 unspecified atom stereocenters. The molecule has 2 aromatic heterocycles. The Kier molecular flexibility index (Phi) is 6.40. The summed E-state index contributed by atoms with van der Waals surface area (Å²) in [5.41, 5.74) is 1.54. The average Bonchev–Trinajstić information content (AvgIpc) is 3.16. The molecule has 1 N–H and O–H groups in total. The van der Waals surface area contributed by atoms with Gasteiger partial charge in [0.15, 0.2) is 5.65 Å². The Balaban J connectivity index is 1.84. The summed E-state index contributed by atoms with van der Waals surface area (Å²) in [5, 5.41) is 7.39. The molecule has 3 atom stereocenters. The van der Waals surface area contributed by atoms with E-state index in [1.165, 1.54) is 0 Å². The van der Waals surface area contributed by atoms with Gasteiger partial charge in [-0.2, -0.15) is 5.10 Å². The number of nitrogens with zero attached hydrogens (tertiary/aromatic N) is 4. The molecule has 2 amide bonds. The van der Waals surface area contributed by atoms with Gasteiger partial charge < -0.3 is 15.0 Å². The van der Waals surface area contributed by atoms with Crippen LogP contribution in [0.1, 0.15) is 63.4 Å². The number of fused-ring (bicyclic) bond motifs is 1. The van der Waals surface area contributed by atoms with Crippen molar-refractivity contribution in [3.05, 3.63) is 28.1 Å². The van der Waals surface area contributed by atoms with Crippen molar-refractivity contribution in [2.75, 3.05) is 6.54 Å². The van der Waals surface area contributed by atoms with Crippen LogP contribution < -0.4 is 5.32 Å². The number of halogens is 1. The molecule has 0 bridgehead atoms. The molecule has 9 heteroatoms. The lowest BCUT2D eigenvalue weighted by atomic mass is 9.95. The van der Waals surface area contributed by atoms with Crippen molar-refractivity contribution in [1.29, 1.82) is 0 Å². The van der Waals surface area contributed by atoms with Gasteiger partial charge in [0.1, 0.15) is 10.2 Å². The molecular weight excluding hydrogens is 450 g/mol. The van der Waals surface area contributed by atoms with Crippen LogP contribution in [0.2, 0.25) is 0 Å². The molecule has 164 valence electrons. The number of amides is 2. The summed E-state index contributed by atoms with van der Waals surface area (Å²) >= 11 is 3.41. The highest BCUT2D eigenvalue weighted by Crippen LogP contribution is 2.30. The summed E-state index contributed by atoms with van der Waals surface area (Å²) in [7, 11) is 0. The van der Waals surface area contributed by atoms with Crippen molar-refractivity contribution in [2.45, 2.75) is 72.1 Å². The number of likely N-dealkylation sites (tertiary alicyclic amines) is 1. The maximum atomic E-state index is 13.4. The van der Waals surface area contributed by atoms with Gasteiger partial charge in [-0.25, -0.2) is 14.3 Å². The molecule has 3 heterocycles. The number of hydrogen-bond donors (Lipinski definition) is 1. The summed E-state index contributed by atoms with van der Waals surface area (Å²) in [4.78, 5) is 32.0. The topological polar surface area (TPSA) is 88.8 Å². The molecule has 0 aliphatic carbocycles. The molecule has 0 radical (unpaired) electrons. The molecule has 1 aliphatic rings. The zero-order valence-electron chi connectivity index (χ0n) is 18.4. The van der Waals surface area contributed by atoms with Gasteiger partial charge in [-0.05, 0) is 62.4 Å². The molecule has 3 rings (SSSR count). The van der Waals surface area contributed by atoms with E-state index in [1.807, 2.05) is 39.5 Å². The van der Waals surface area contributed by atoms with Crippen LogP contribution >= 0.6 is 15.9 Å². The van der Waals surface area contributed by atoms with Crippen molar-refractivity contribution in [3.8, 4) is 0 Å². The number of aryl methyl sites for hydroxylation is 1. The van der Waals surface area contributed by atoms with Crippen molar-refractivity contribution in [1.82, 2.24) is 24.8 Å². The first kappa shape index (κ1) is 22.5. The predicted molar refractivity (Wildman–Crippen MR) is 117 cm³/mol. The number of aromatic nitrogens is 3. The van der Waals surface area contributed by atoms with Gasteiger partial charge in [-0.15, -0.1) is 0 Å². The van der Waals surface area contributed by atoms with E-state index in [9.17, 15) is 9.59 Å². The van der Waals surface area contributed by atoms with Gasteiger partial charge in [0.2, 0.25) is 0 Å². The van der Waals surface area contributed by atoms with Gasteiger partial charge in [0.25, 0.3) is 5.91 Å². The summed E-state index contributed by atoms with van der Waals surface area (Å²) in [6.45, 7) is 12.1. The normalized spacial score (nSPS) is 21.8. The van der Waals surface area contributed by atoms with Crippen molar-refractivity contribution < 1.29 is 14.3 Å². The van der Waals surface area contributed by atoms with Crippen LogP contribution in [-0.2, 0) is 4.74 Å². The molecule has 1 saturated heterocycles. The Morgan fingerprint density at radius 2 is 2.00 bits per heavy atom. The summed E-state index contributed by atoms with van der Waals surface area (Å²) in [6, 6.07) is -0.270. The summed E-state index contributed by atoms with van der Waals surface area (Å²) < 4.78 is 7.78. The molecule has 2 aromatic rings. The number of carbonyl (C=O) groups is 2. The van der Waals surface area contributed by atoms with Crippen LogP contribution in [0.4, 0.5) is 4.79 Å². The second kappa shape index (κ2) is 8.53. The first-order valence-corrected chi connectivity index (χ1v) is 11.2. The molecule has 0 aromatic carbocycles. The zero-order chi connectivity index (χ0) is 22.2. The highest BCUT2D eigenvalue weighted by Gasteiger charge is 2.43. The van der Waals surface area contributed by atoms with Gasteiger partial charge in [0.05, 0.1) is 17.6 Å². The Bertz CT molecular complexity index is 952. The average molecular weight is 480 g/mol. The number of carbonyl (C=O) groups excluding carboxylic acids is 2. The maximum Gasteiger partial charge on any atom is 0.407 e. The predicted octanol–water partition coefficient (Wildman–Crippen LogP) is 3.95. The third-order valence-corrected chi connectivity index (χ3v) is 6.29. The SMILES string of the molecule is CCC1CN(C(=O)c2cnc3c(C)c(Br)nn3c2)C(CC)[C@@H]1NC(=O)OC(C)(C)C. The second-order valence-electron chi connectivity index (χ2n) is 8.80. The molecule has 0 saturated carbocycles. The molecule has 8 nitrogen and oxygen atoms in total. The van der Waals surface area contributed by atoms with E-state index in [4.69, 9.17) is 4.74 Å². The molecular formula is C21H30BrN5O3. The fraction of sp³-hybridized carbons (Fsp3) is 0.619. The van der Waals surface area contributed by atoms with E-state index in [1.54, 1.807) is 16.9 Å². The van der Waals surface area contributed by atoms with Gasteiger partial charge in [-0.3, -0.25) is 4.79 Å². The first-order chi connectivity index (χ1) is 14.1. The van der Waals surface area contributed by atoms with E-state index in [0.29, 0.717) is 22.4 Å². The lowest BCUT2D eigenvalue weighted by Gasteiger charge is -2.29. The molecule has 1 fully saturated rings. The van der Waals surface area contributed by atoms with E-state index in [-0.39, 0.29) is 23.9 Å². The van der Waals surface area contributed by atoms with Crippen molar-refractivity contribution >= 4 is 33.6 Å². The number of nitrogens with one attached hydrogen (secondary N) is 1. The first-order valence-electron chi connectivity index (χ1n) is 10.4. The standard InChI is InChI=1S/C21H30BrN5O3/c1-7-13-10-26(15(8-2)16(13)24-20(29)30-21(4,5)6)19(28)14-9-23-18-12(3)17(22)25-27(18)11-14/h9,11,13,15-16H,7-8,10H2,1-6H3,(H,24,29)/t13?,15?,16-/m1/s1. The number of rotatable bonds is 4. The Morgan fingerprint density at radius 1 is 1.30 bits per heavy atom. The van der Waals surface area contributed by atoms with E-state index < -0.39 is 11.7 Å². The van der Waals surface area contributed by atoms with Gasteiger partial charge in [-0.1, -0.05) is 13.8 Å². The minimum atomic E-state index is -0.571. The van der Waals surface area contributed by atoms with Gasteiger partial charge in [0, 0.05) is 24.5 Å². The lowest BCUT2D eigenvalue weighted by molar-refractivity contribution is 0.0471. The summed E-state index contributed by atoms with van der Waals surface area (Å²) in [5.74, 6) is 0.0525. The lowest BCUT2D eigenvalue weighted by Crippen LogP contribution is -2.49. The fourth-order valence-electron chi connectivity index (χ4n) is 4.06.